The molecule has 0 fully saturated rings. The van der Waals surface area contributed by atoms with Crippen molar-refractivity contribution in [3.05, 3.63) is 72.9 Å². The van der Waals surface area contributed by atoms with Gasteiger partial charge in [-0.1, -0.05) is 261 Å². The summed E-state index contributed by atoms with van der Waals surface area (Å²) in [5.74, 6) is -0.880. The van der Waals surface area contributed by atoms with Gasteiger partial charge in [0.2, 0.25) is 0 Å². The molecule has 0 N–H and O–H groups in total. The molecule has 0 rings (SSSR count). The van der Waals surface area contributed by atoms with Gasteiger partial charge in [0, 0.05) is 19.3 Å². The zero-order chi connectivity index (χ0) is 50.7. The summed E-state index contributed by atoms with van der Waals surface area (Å²) in [7, 11) is 0. The van der Waals surface area contributed by atoms with Crippen LogP contribution < -0.4 is 0 Å². The normalized spacial score (nSPS) is 12.6. The van der Waals surface area contributed by atoms with Crippen molar-refractivity contribution >= 4 is 17.9 Å². The minimum Gasteiger partial charge on any atom is -0.462 e. The van der Waals surface area contributed by atoms with Gasteiger partial charge in [0.1, 0.15) is 13.2 Å². The molecule has 0 aromatic heterocycles. The molecule has 0 aliphatic rings. The molecule has 0 saturated carbocycles. The average molecular weight is 978 g/mol. The lowest BCUT2D eigenvalue weighted by molar-refractivity contribution is -0.167. The van der Waals surface area contributed by atoms with Gasteiger partial charge in [-0.3, -0.25) is 14.4 Å². The topological polar surface area (TPSA) is 78.9 Å². The Balaban J connectivity index is 4.25. The van der Waals surface area contributed by atoms with Crippen LogP contribution in [-0.2, 0) is 28.6 Å². The van der Waals surface area contributed by atoms with E-state index in [1.165, 1.54) is 161 Å². The molecule has 6 nitrogen and oxygen atoms in total. The van der Waals surface area contributed by atoms with Crippen LogP contribution in [0.5, 0.6) is 0 Å². The third kappa shape index (κ3) is 55.8. The van der Waals surface area contributed by atoms with Gasteiger partial charge in [0.25, 0.3) is 0 Å². The van der Waals surface area contributed by atoms with Crippen molar-refractivity contribution in [2.24, 2.45) is 0 Å². The van der Waals surface area contributed by atoms with Gasteiger partial charge in [0.15, 0.2) is 6.10 Å². The van der Waals surface area contributed by atoms with Crippen LogP contribution in [0, 0.1) is 0 Å². The minimum absolute atomic E-state index is 0.0764. The molecule has 0 heterocycles. The third-order valence-corrected chi connectivity index (χ3v) is 12.9. The number of allylic oxidation sites excluding steroid dienone is 12. The maximum atomic E-state index is 12.8. The Kier molecular flexibility index (Phi) is 55.8. The first-order valence-corrected chi connectivity index (χ1v) is 29.9. The van der Waals surface area contributed by atoms with E-state index in [1.54, 1.807) is 0 Å². The lowest BCUT2D eigenvalue weighted by atomic mass is 10.1. The Bertz CT molecular complexity index is 1310. The Hall–Kier alpha value is -3.15. The van der Waals surface area contributed by atoms with E-state index in [0.717, 1.165) is 96.3 Å². The van der Waals surface area contributed by atoms with Crippen LogP contribution in [0.1, 0.15) is 297 Å². The zero-order valence-corrected chi connectivity index (χ0v) is 46.3. The molecule has 1 atom stereocenters. The van der Waals surface area contributed by atoms with Crippen LogP contribution in [0.3, 0.4) is 0 Å². The van der Waals surface area contributed by atoms with E-state index in [1.807, 2.05) is 0 Å². The summed E-state index contributed by atoms with van der Waals surface area (Å²) >= 11 is 0. The monoisotopic (exact) mass is 977 g/mol. The van der Waals surface area contributed by atoms with Crippen molar-refractivity contribution in [2.75, 3.05) is 13.2 Å². The van der Waals surface area contributed by atoms with Gasteiger partial charge in [0.05, 0.1) is 0 Å². The van der Waals surface area contributed by atoms with Gasteiger partial charge in [-0.25, -0.2) is 0 Å². The first-order chi connectivity index (χ1) is 34.5. The van der Waals surface area contributed by atoms with Crippen LogP contribution in [0.2, 0.25) is 0 Å². The van der Waals surface area contributed by atoms with Gasteiger partial charge in [-0.2, -0.15) is 0 Å². The molecular weight excluding hydrogens is 865 g/mol. The van der Waals surface area contributed by atoms with E-state index >= 15 is 0 Å². The summed E-state index contributed by atoms with van der Waals surface area (Å²) in [5, 5.41) is 0. The highest BCUT2D eigenvalue weighted by molar-refractivity contribution is 5.71. The van der Waals surface area contributed by atoms with Crippen LogP contribution in [-0.4, -0.2) is 37.2 Å². The van der Waals surface area contributed by atoms with E-state index in [2.05, 4.69) is 93.7 Å². The van der Waals surface area contributed by atoms with E-state index in [-0.39, 0.29) is 31.1 Å². The molecule has 70 heavy (non-hydrogen) atoms. The number of esters is 3. The predicted octanol–water partition coefficient (Wildman–Crippen LogP) is 20.2. The summed E-state index contributed by atoms with van der Waals surface area (Å²) < 4.78 is 16.8. The number of carbonyl (C=O) groups excluding carboxylic acids is 3. The number of unbranched alkanes of at least 4 members (excludes halogenated alkanes) is 31. The minimum atomic E-state index is -0.778. The molecule has 0 radical (unpaired) electrons. The smallest absolute Gasteiger partial charge is 0.306 e. The quantitative estimate of drug-likeness (QED) is 0.0261. The van der Waals surface area contributed by atoms with Crippen molar-refractivity contribution in [3.8, 4) is 0 Å². The van der Waals surface area contributed by atoms with Crippen LogP contribution in [0.15, 0.2) is 72.9 Å². The number of hydrogen-bond acceptors (Lipinski definition) is 6. The fraction of sp³-hybridized carbons (Fsp3) is 0.766. The Morgan fingerprint density at radius 1 is 0.300 bits per heavy atom. The first kappa shape index (κ1) is 66.9. The molecule has 404 valence electrons. The van der Waals surface area contributed by atoms with Crippen molar-refractivity contribution in [1.82, 2.24) is 0 Å². The molecule has 0 aliphatic carbocycles. The van der Waals surface area contributed by atoms with Gasteiger partial charge in [-0.05, 0) is 89.9 Å². The van der Waals surface area contributed by atoms with Crippen LogP contribution in [0.25, 0.3) is 0 Å². The van der Waals surface area contributed by atoms with Gasteiger partial charge >= 0.3 is 17.9 Å². The second-order valence-electron chi connectivity index (χ2n) is 19.9. The number of hydrogen-bond donors (Lipinski definition) is 0. The highest BCUT2D eigenvalue weighted by Crippen LogP contribution is 2.16. The molecule has 0 aromatic carbocycles. The van der Waals surface area contributed by atoms with Crippen molar-refractivity contribution in [2.45, 2.75) is 303 Å². The van der Waals surface area contributed by atoms with Gasteiger partial charge in [-0.15, -0.1) is 0 Å². The Labute approximate surface area is 433 Å². The number of ether oxygens (including phenoxy) is 3. The standard InChI is InChI=1S/C64H112O6/c1-4-7-10-13-16-19-21-23-25-27-29-30-31-32-33-34-35-37-38-40-42-45-48-51-54-57-63(66)69-60-61(59-68-62(65)56-53-50-47-44-18-15-12-9-6-3)70-64(67)58-55-52-49-46-43-41-39-36-28-26-24-22-20-17-14-11-8-5-2/h7,10,16,19,23,25-26,28-30,32-33,61H,4-6,8-9,11-15,17-18,20-22,24,27,31,34-60H2,1-3H3/b10-7-,19-16-,25-23-,28-26-,30-29-,33-32-. The number of carbonyl (C=O) groups is 3. The lowest BCUT2D eigenvalue weighted by Gasteiger charge is -2.18. The Morgan fingerprint density at radius 3 is 0.886 bits per heavy atom. The molecule has 0 saturated heterocycles. The molecular formula is C64H112O6. The zero-order valence-electron chi connectivity index (χ0n) is 46.3. The maximum Gasteiger partial charge on any atom is 0.306 e. The molecule has 0 aromatic rings. The van der Waals surface area contributed by atoms with Gasteiger partial charge < -0.3 is 14.2 Å². The summed E-state index contributed by atoms with van der Waals surface area (Å²) in [6.45, 7) is 6.52. The summed E-state index contributed by atoms with van der Waals surface area (Å²) in [6, 6.07) is 0. The highest BCUT2D eigenvalue weighted by Gasteiger charge is 2.19. The molecule has 0 bridgehead atoms. The predicted molar refractivity (Wildman–Crippen MR) is 302 cm³/mol. The average Bonchev–Trinajstić information content (AvgIpc) is 3.36. The molecule has 6 heteroatoms. The van der Waals surface area contributed by atoms with Crippen molar-refractivity contribution in [1.29, 1.82) is 0 Å². The first-order valence-electron chi connectivity index (χ1n) is 29.9. The molecule has 0 aliphatic heterocycles. The second-order valence-corrected chi connectivity index (χ2v) is 19.9. The number of rotatable bonds is 54. The molecule has 0 amide bonds. The van der Waals surface area contributed by atoms with E-state index in [0.29, 0.717) is 19.3 Å². The summed E-state index contributed by atoms with van der Waals surface area (Å²) in [5.41, 5.74) is 0. The maximum absolute atomic E-state index is 12.8. The fourth-order valence-electron chi connectivity index (χ4n) is 8.47. The largest absolute Gasteiger partial charge is 0.462 e. The SMILES string of the molecule is CC/C=C\C/C=C\C/C=C\C/C=C\C/C=C\CCCCCCCCCCCC(=O)OCC(COC(=O)CCCCCCCCCCC)OC(=O)CCCCCCCCC/C=C\CCCCCCCCC. The Morgan fingerprint density at radius 2 is 0.557 bits per heavy atom. The van der Waals surface area contributed by atoms with Crippen molar-refractivity contribution in [3.63, 3.8) is 0 Å². The van der Waals surface area contributed by atoms with E-state index < -0.39 is 6.10 Å². The summed E-state index contributed by atoms with van der Waals surface area (Å²) in [6.07, 6.45) is 74.8. The van der Waals surface area contributed by atoms with Crippen LogP contribution in [0.4, 0.5) is 0 Å². The van der Waals surface area contributed by atoms with Crippen molar-refractivity contribution < 1.29 is 28.6 Å². The van der Waals surface area contributed by atoms with E-state index in [9.17, 15) is 14.4 Å². The fourth-order valence-corrected chi connectivity index (χ4v) is 8.47. The molecule has 1 unspecified atom stereocenters. The lowest BCUT2D eigenvalue weighted by Crippen LogP contribution is -2.30. The van der Waals surface area contributed by atoms with Crippen LogP contribution >= 0.6 is 0 Å². The second kappa shape index (κ2) is 58.4. The third-order valence-electron chi connectivity index (χ3n) is 12.9. The molecule has 0 spiro atoms. The van der Waals surface area contributed by atoms with E-state index in [4.69, 9.17) is 14.2 Å². The highest BCUT2D eigenvalue weighted by atomic mass is 16.6. The summed E-state index contributed by atoms with van der Waals surface area (Å²) in [4.78, 5) is 38.1.